The van der Waals surface area contributed by atoms with Gasteiger partial charge in [-0.2, -0.15) is 11.8 Å². The third-order valence-electron chi connectivity index (χ3n) is 3.54. The summed E-state index contributed by atoms with van der Waals surface area (Å²) in [6, 6.07) is 11.0. The van der Waals surface area contributed by atoms with Gasteiger partial charge in [0.15, 0.2) is 0 Å². The van der Waals surface area contributed by atoms with E-state index in [2.05, 4.69) is 30.3 Å². The molecule has 0 aliphatic heterocycles. The lowest BCUT2D eigenvalue weighted by Crippen LogP contribution is -2.38. The molecule has 3 atom stereocenters. The Morgan fingerprint density at radius 2 is 2.00 bits per heavy atom. The summed E-state index contributed by atoms with van der Waals surface area (Å²) in [5.74, 6) is 1.45. The summed E-state index contributed by atoms with van der Waals surface area (Å²) in [4.78, 5) is 0. The fourth-order valence-electron chi connectivity index (χ4n) is 2.58. The third-order valence-corrected chi connectivity index (χ3v) is 4.93. The Morgan fingerprint density at radius 3 is 2.71 bits per heavy atom. The normalized spacial score (nSPS) is 29.2. The number of nitrogens with two attached hydrogens (primary N) is 1. The predicted molar refractivity (Wildman–Crippen MR) is 74.3 cm³/mol. The van der Waals surface area contributed by atoms with Crippen LogP contribution in [0.1, 0.15) is 30.7 Å². The zero-order valence-electron chi connectivity index (χ0n) is 10.1. The number of aliphatic hydroxyl groups excluding tert-OH is 1. The van der Waals surface area contributed by atoms with Gasteiger partial charge in [-0.05, 0) is 30.7 Å². The van der Waals surface area contributed by atoms with Crippen LogP contribution in [-0.2, 0) is 0 Å². The Morgan fingerprint density at radius 1 is 1.24 bits per heavy atom. The highest BCUT2D eigenvalue weighted by molar-refractivity contribution is 7.99. The molecule has 1 saturated carbocycles. The van der Waals surface area contributed by atoms with Crippen LogP contribution in [0.4, 0.5) is 0 Å². The quantitative estimate of drug-likeness (QED) is 0.863. The summed E-state index contributed by atoms with van der Waals surface area (Å²) >= 11 is 1.83. The van der Waals surface area contributed by atoms with Crippen molar-refractivity contribution in [3.63, 3.8) is 0 Å². The van der Waals surface area contributed by atoms with Gasteiger partial charge in [0.25, 0.3) is 0 Å². The number of benzene rings is 1. The minimum absolute atomic E-state index is 0.254. The van der Waals surface area contributed by atoms with E-state index in [0.29, 0.717) is 17.2 Å². The van der Waals surface area contributed by atoms with Gasteiger partial charge < -0.3 is 10.8 Å². The Labute approximate surface area is 108 Å². The topological polar surface area (TPSA) is 46.2 Å². The maximum absolute atomic E-state index is 8.90. The van der Waals surface area contributed by atoms with Crippen LogP contribution in [0, 0.1) is 0 Å². The molecule has 1 fully saturated rings. The van der Waals surface area contributed by atoms with E-state index in [1.807, 2.05) is 11.8 Å². The summed E-state index contributed by atoms with van der Waals surface area (Å²) in [5, 5.41) is 9.41. The molecule has 3 unspecified atom stereocenters. The highest BCUT2D eigenvalue weighted by Gasteiger charge is 2.28. The molecule has 0 spiro atoms. The molecule has 1 aliphatic rings. The molecule has 3 heteroatoms. The van der Waals surface area contributed by atoms with Gasteiger partial charge in [0.1, 0.15) is 0 Å². The number of rotatable bonds is 4. The van der Waals surface area contributed by atoms with Gasteiger partial charge in [0, 0.05) is 17.0 Å². The highest BCUT2D eigenvalue weighted by atomic mass is 32.2. The van der Waals surface area contributed by atoms with Crippen LogP contribution >= 0.6 is 11.8 Å². The van der Waals surface area contributed by atoms with Gasteiger partial charge >= 0.3 is 0 Å². The summed E-state index contributed by atoms with van der Waals surface area (Å²) in [6.07, 6.45) is 3.44. The highest BCUT2D eigenvalue weighted by Crippen LogP contribution is 2.37. The van der Waals surface area contributed by atoms with Gasteiger partial charge in [-0.25, -0.2) is 0 Å². The standard InChI is InChI=1S/C14H21NOS/c15-13-7-6-12(10-14(13)17-9-8-16)11-4-2-1-3-5-11/h1-5,12-14,16H,6-10,15H2. The van der Waals surface area contributed by atoms with E-state index in [9.17, 15) is 0 Å². The van der Waals surface area contributed by atoms with Crippen molar-refractivity contribution < 1.29 is 5.11 Å². The van der Waals surface area contributed by atoms with Crippen LogP contribution < -0.4 is 5.73 Å². The SMILES string of the molecule is NC1CCC(c2ccccc2)CC1SCCO. The monoisotopic (exact) mass is 251 g/mol. The first-order valence-electron chi connectivity index (χ1n) is 6.34. The van der Waals surface area contributed by atoms with Crippen LogP contribution in [0.15, 0.2) is 30.3 Å². The first-order chi connectivity index (χ1) is 8.31. The first-order valence-corrected chi connectivity index (χ1v) is 7.39. The van der Waals surface area contributed by atoms with Gasteiger partial charge in [0.05, 0.1) is 6.61 Å². The Kier molecular flexibility index (Phi) is 4.89. The van der Waals surface area contributed by atoms with E-state index in [-0.39, 0.29) is 6.61 Å². The van der Waals surface area contributed by atoms with Gasteiger partial charge in [-0.15, -0.1) is 0 Å². The third kappa shape index (κ3) is 3.47. The summed E-state index contributed by atoms with van der Waals surface area (Å²) in [7, 11) is 0. The molecule has 17 heavy (non-hydrogen) atoms. The van der Waals surface area contributed by atoms with Crippen molar-refractivity contribution in [3.8, 4) is 0 Å². The van der Waals surface area contributed by atoms with Gasteiger partial charge in [-0.3, -0.25) is 0 Å². The minimum Gasteiger partial charge on any atom is -0.396 e. The van der Waals surface area contributed by atoms with E-state index in [0.717, 1.165) is 18.6 Å². The average Bonchev–Trinajstić information content (AvgIpc) is 2.39. The Balaban J connectivity index is 1.97. The lowest BCUT2D eigenvalue weighted by atomic mass is 9.82. The molecule has 94 valence electrons. The number of hydrogen-bond acceptors (Lipinski definition) is 3. The van der Waals surface area contributed by atoms with Gasteiger partial charge in [-0.1, -0.05) is 30.3 Å². The molecule has 0 amide bonds. The summed E-state index contributed by atoms with van der Waals surface area (Å²) in [5.41, 5.74) is 7.60. The van der Waals surface area contributed by atoms with E-state index < -0.39 is 0 Å². The molecule has 3 N–H and O–H groups in total. The van der Waals surface area contributed by atoms with Crippen molar-refractivity contribution >= 4 is 11.8 Å². The van der Waals surface area contributed by atoms with Crippen molar-refractivity contribution in [1.29, 1.82) is 0 Å². The van der Waals surface area contributed by atoms with Crippen LogP contribution in [0.2, 0.25) is 0 Å². The Hall–Kier alpha value is -0.510. The van der Waals surface area contributed by atoms with E-state index >= 15 is 0 Å². The smallest absolute Gasteiger partial charge is 0.0521 e. The van der Waals surface area contributed by atoms with E-state index in [1.54, 1.807) is 0 Å². The molecule has 1 aromatic rings. The van der Waals surface area contributed by atoms with Crippen molar-refractivity contribution in [3.05, 3.63) is 35.9 Å². The number of thioether (sulfide) groups is 1. The van der Waals surface area contributed by atoms with Crippen molar-refractivity contribution in [2.24, 2.45) is 5.73 Å². The minimum atomic E-state index is 0.254. The molecule has 0 saturated heterocycles. The second-order valence-electron chi connectivity index (χ2n) is 4.72. The summed E-state index contributed by atoms with van der Waals surface area (Å²) in [6.45, 7) is 0.254. The molecule has 0 aromatic heterocycles. The molecule has 0 heterocycles. The molecule has 0 bridgehead atoms. The van der Waals surface area contributed by atoms with Gasteiger partial charge in [0.2, 0.25) is 0 Å². The lowest BCUT2D eigenvalue weighted by Gasteiger charge is -2.34. The van der Waals surface area contributed by atoms with E-state index in [1.165, 1.54) is 12.0 Å². The number of hydrogen-bond donors (Lipinski definition) is 2. The largest absolute Gasteiger partial charge is 0.396 e. The van der Waals surface area contributed by atoms with Crippen LogP contribution in [0.25, 0.3) is 0 Å². The van der Waals surface area contributed by atoms with Crippen molar-refractivity contribution in [2.75, 3.05) is 12.4 Å². The second-order valence-corrected chi connectivity index (χ2v) is 6.06. The molecular weight excluding hydrogens is 230 g/mol. The molecule has 1 aromatic carbocycles. The predicted octanol–water partition coefficient (Wildman–Crippen LogP) is 2.38. The Bertz CT molecular complexity index is 330. The molecule has 2 rings (SSSR count). The molecule has 0 radical (unpaired) electrons. The van der Waals surface area contributed by atoms with E-state index in [4.69, 9.17) is 10.8 Å². The van der Waals surface area contributed by atoms with Crippen LogP contribution in [0.5, 0.6) is 0 Å². The zero-order valence-corrected chi connectivity index (χ0v) is 10.9. The van der Waals surface area contributed by atoms with Crippen molar-refractivity contribution in [2.45, 2.75) is 36.5 Å². The fraction of sp³-hybridized carbons (Fsp3) is 0.571. The maximum Gasteiger partial charge on any atom is 0.0521 e. The maximum atomic E-state index is 8.90. The molecular formula is C14H21NOS. The van der Waals surface area contributed by atoms with Crippen molar-refractivity contribution in [1.82, 2.24) is 0 Å². The molecule has 1 aliphatic carbocycles. The van der Waals surface area contributed by atoms with Crippen LogP contribution in [0.3, 0.4) is 0 Å². The zero-order chi connectivity index (χ0) is 12.1. The average molecular weight is 251 g/mol. The first kappa shape index (κ1) is 12.9. The second kappa shape index (κ2) is 6.43. The lowest BCUT2D eigenvalue weighted by molar-refractivity contribution is 0.321. The molecule has 2 nitrogen and oxygen atoms in total. The summed E-state index contributed by atoms with van der Waals surface area (Å²) < 4.78 is 0. The fourth-order valence-corrected chi connectivity index (χ4v) is 3.74. The number of aliphatic hydroxyl groups is 1. The van der Waals surface area contributed by atoms with Crippen LogP contribution in [-0.4, -0.2) is 28.8 Å².